The Balaban J connectivity index is 1.92. The highest BCUT2D eigenvalue weighted by molar-refractivity contribution is 7.90. The molecule has 0 atom stereocenters. The molecule has 0 saturated carbocycles. The molecule has 0 bridgehead atoms. The summed E-state index contributed by atoms with van der Waals surface area (Å²) in [5, 5.41) is 10.8. The van der Waals surface area contributed by atoms with Gasteiger partial charge in [0.2, 0.25) is 0 Å². The molecule has 1 aliphatic rings. The number of benzene rings is 2. The molecule has 148 valence electrons. The number of aryl methyl sites for hydroxylation is 1. The number of non-ortho nitro benzene ring substituents is 1. The molecule has 28 heavy (non-hydrogen) atoms. The van der Waals surface area contributed by atoms with Crippen molar-refractivity contribution >= 4 is 21.5 Å². The number of nitro groups is 1. The van der Waals surface area contributed by atoms with Crippen LogP contribution in [0, 0.1) is 17.0 Å². The molecule has 8 heteroatoms. The zero-order valence-electron chi connectivity index (χ0n) is 15.7. The van der Waals surface area contributed by atoms with E-state index >= 15 is 0 Å². The van der Waals surface area contributed by atoms with E-state index in [1.54, 1.807) is 36.4 Å². The van der Waals surface area contributed by atoms with Gasteiger partial charge >= 0.3 is 0 Å². The van der Waals surface area contributed by atoms with Gasteiger partial charge in [0.1, 0.15) is 5.84 Å². The highest BCUT2D eigenvalue weighted by Crippen LogP contribution is 2.19. The first kappa shape index (κ1) is 20.0. The molecule has 0 radical (unpaired) electrons. The van der Waals surface area contributed by atoms with Gasteiger partial charge in [-0.1, -0.05) is 29.8 Å². The summed E-state index contributed by atoms with van der Waals surface area (Å²) in [6.45, 7) is 3.41. The fourth-order valence-electron chi connectivity index (χ4n) is 3.17. The maximum atomic E-state index is 12.8. The molecule has 3 rings (SSSR count). The van der Waals surface area contributed by atoms with E-state index in [0.29, 0.717) is 12.3 Å². The third-order valence-corrected chi connectivity index (χ3v) is 6.09. The van der Waals surface area contributed by atoms with Crippen LogP contribution in [-0.4, -0.2) is 37.2 Å². The van der Waals surface area contributed by atoms with Crippen molar-refractivity contribution in [3.05, 3.63) is 69.8 Å². The summed E-state index contributed by atoms with van der Waals surface area (Å²) in [6, 6.07) is 12.8. The lowest BCUT2D eigenvalue weighted by Gasteiger charge is -2.29. The number of hydrogen-bond donors (Lipinski definition) is 0. The number of likely N-dealkylation sites (tertiary alicyclic amines) is 1. The molecule has 2 aromatic rings. The fraction of sp³-hybridized carbons (Fsp3) is 0.350. The fourth-order valence-corrected chi connectivity index (χ4v) is 4.22. The molecule has 0 unspecified atom stereocenters. The van der Waals surface area contributed by atoms with Crippen molar-refractivity contribution in [1.29, 1.82) is 0 Å². The summed E-state index contributed by atoms with van der Waals surface area (Å²) < 4.78 is 29.8. The maximum Gasteiger partial charge on any atom is 0.283 e. The molecule has 7 nitrogen and oxygen atoms in total. The topological polar surface area (TPSA) is 92.9 Å². The van der Waals surface area contributed by atoms with Crippen LogP contribution in [0.15, 0.2) is 57.8 Å². The minimum Gasteiger partial charge on any atom is -0.359 e. The summed E-state index contributed by atoms with van der Waals surface area (Å²) in [5.41, 5.74) is 1.77. The Hall–Kier alpha value is -2.74. The Morgan fingerprint density at radius 2 is 1.64 bits per heavy atom. The lowest BCUT2D eigenvalue weighted by atomic mass is 10.1. The second-order valence-electron chi connectivity index (χ2n) is 6.94. The summed E-state index contributed by atoms with van der Waals surface area (Å²) in [4.78, 5) is 12.6. The highest BCUT2D eigenvalue weighted by Gasteiger charge is 2.21. The lowest BCUT2D eigenvalue weighted by Crippen LogP contribution is -2.37. The SMILES string of the molecule is Cc1ccc(S(=O)(=O)/N=C(/Cc2ccc([N+](=O)[O-])cc2)N2CCCCC2)cc1. The summed E-state index contributed by atoms with van der Waals surface area (Å²) in [6.07, 6.45) is 3.41. The van der Waals surface area contributed by atoms with Crippen LogP contribution in [0.2, 0.25) is 0 Å². The predicted molar refractivity (Wildman–Crippen MR) is 108 cm³/mol. The van der Waals surface area contributed by atoms with Gasteiger partial charge < -0.3 is 4.90 Å². The number of piperidine rings is 1. The summed E-state index contributed by atoms with van der Waals surface area (Å²) in [7, 11) is -3.83. The van der Waals surface area contributed by atoms with Gasteiger partial charge in [-0.3, -0.25) is 10.1 Å². The molecular weight excluding hydrogens is 378 g/mol. The number of nitro benzene ring substituents is 1. The van der Waals surface area contributed by atoms with Gasteiger partial charge in [-0.25, -0.2) is 0 Å². The van der Waals surface area contributed by atoms with E-state index in [1.807, 2.05) is 11.8 Å². The number of nitrogens with zero attached hydrogens (tertiary/aromatic N) is 3. The van der Waals surface area contributed by atoms with Crippen LogP contribution in [0.25, 0.3) is 0 Å². The molecule has 0 amide bonds. The summed E-state index contributed by atoms with van der Waals surface area (Å²) in [5.74, 6) is 0.481. The van der Waals surface area contributed by atoms with Crippen molar-refractivity contribution in [3.8, 4) is 0 Å². The normalized spacial score (nSPS) is 15.5. The molecule has 0 aromatic heterocycles. The molecule has 0 N–H and O–H groups in total. The van der Waals surface area contributed by atoms with Gasteiger partial charge in [0.15, 0.2) is 0 Å². The van der Waals surface area contributed by atoms with Crippen LogP contribution in [0.1, 0.15) is 30.4 Å². The van der Waals surface area contributed by atoms with Crippen molar-refractivity contribution in [2.45, 2.75) is 37.5 Å². The predicted octanol–water partition coefficient (Wildman–Crippen LogP) is 3.72. The van der Waals surface area contributed by atoms with Crippen molar-refractivity contribution in [2.24, 2.45) is 4.40 Å². The van der Waals surface area contributed by atoms with Crippen molar-refractivity contribution in [3.63, 3.8) is 0 Å². The van der Waals surface area contributed by atoms with Gasteiger partial charge in [0.25, 0.3) is 15.7 Å². The monoisotopic (exact) mass is 401 g/mol. The second-order valence-corrected chi connectivity index (χ2v) is 8.55. The zero-order chi connectivity index (χ0) is 20.1. The molecule has 1 aliphatic heterocycles. The number of rotatable bonds is 5. The van der Waals surface area contributed by atoms with E-state index in [0.717, 1.165) is 43.5 Å². The highest BCUT2D eigenvalue weighted by atomic mass is 32.2. The van der Waals surface area contributed by atoms with Gasteiger partial charge in [-0.05, 0) is 43.9 Å². The average Bonchev–Trinajstić information content (AvgIpc) is 2.69. The first-order valence-corrected chi connectivity index (χ1v) is 10.7. The van der Waals surface area contributed by atoms with Crippen LogP contribution in [0.4, 0.5) is 5.69 Å². The number of amidine groups is 1. The van der Waals surface area contributed by atoms with E-state index < -0.39 is 14.9 Å². The third kappa shape index (κ3) is 4.95. The van der Waals surface area contributed by atoms with E-state index in [2.05, 4.69) is 4.40 Å². The van der Waals surface area contributed by atoms with Crippen molar-refractivity contribution < 1.29 is 13.3 Å². The van der Waals surface area contributed by atoms with E-state index in [1.165, 1.54) is 12.1 Å². The van der Waals surface area contributed by atoms with Gasteiger partial charge in [-0.15, -0.1) is 4.40 Å². The zero-order valence-corrected chi connectivity index (χ0v) is 16.6. The van der Waals surface area contributed by atoms with Crippen molar-refractivity contribution in [2.75, 3.05) is 13.1 Å². The average molecular weight is 401 g/mol. The molecule has 1 fully saturated rings. The van der Waals surface area contributed by atoms with Crippen LogP contribution >= 0.6 is 0 Å². The molecule has 2 aromatic carbocycles. The Morgan fingerprint density at radius 1 is 1.04 bits per heavy atom. The first-order chi connectivity index (χ1) is 13.3. The minimum atomic E-state index is -3.83. The van der Waals surface area contributed by atoms with E-state index in [-0.39, 0.29) is 10.6 Å². The summed E-state index contributed by atoms with van der Waals surface area (Å²) >= 11 is 0. The standard InChI is InChI=1S/C20H23N3O4S/c1-16-5-11-19(12-6-16)28(26,27)21-20(22-13-3-2-4-14-22)15-17-7-9-18(10-8-17)23(24)25/h5-12H,2-4,13-15H2,1H3/b21-20-. The van der Waals surface area contributed by atoms with Crippen molar-refractivity contribution in [1.82, 2.24) is 4.90 Å². The Kier molecular flexibility index (Phi) is 6.08. The van der Waals surface area contributed by atoms with Crippen LogP contribution in [0.3, 0.4) is 0 Å². The second kappa shape index (κ2) is 8.52. The molecule has 0 aliphatic carbocycles. The number of hydrogen-bond acceptors (Lipinski definition) is 4. The quantitative estimate of drug-likeness (QED) is 0.329. The first-order valence-electron chi connectivity index (χ1n) is 9.24. The lowest BCUT2D eigenvalue weighted by molar-refractivity contribution is -0.384. The maximum absolute atomic E-state index is 12.8. The Labute approximate surface area is 164 Å². The van der Waals surface area contributed by atoms with Crippen LogP contribution in [0.5, 0.6) is 0 Å². The molecule has 1 heterocycles. The van der Waals surface area contributed by atoms with Crippen LogP contribution in [-0.2, 0) is 16.4 Å². The Morgan fingerprint density at radius 3 is 2.21 bits per heavy atom. The van der Waals surface area contributed by atoms with Gasteiger partial charge in [-0.2, -0.15) is 8.42 Å². The van der Waals surface area contributed by atoms with Crippen LogP contribution < -0.4 is 0 Å². The smallest absolute Gasteiger partial charge is 0.283 e. The Bertz CT molecular complexity index is 962. The third-order valence-electron chi connectivity index (χ3n) is 4.77. The molecule has 1 saturated heterocycles. The number of sulfonamides is 1. The largest absolute Gasteiger partial charge is 0.359 e. The van der Waals surface area contributed by atoms with Gasteiger partial charge in [0.05, 0.1) is 9.82 Å². The molecule has 0 spiro atoms. The van der Waals surface area contributed by atoms with E-state index in [9.17, 15) is 18.5 Å². The molecular formula is C20H23N3O4S. The van der Waals surface area contributed by atoms with E-state index in [4.69, 9.17) is 0 Å². The van der Waals surface area contributed by atoms with Gasteiger partial charge in [0, 0.05) is 31.6 Å². The minimum absolute atomic E-state index is 0.00693.